The Balaban J connectivity index is 2.21. The van der Waals surface area contributed by atoms with Crippen molar-refractivity contribution < 1.29 is 8.42 Å². The van der Waals surface area contributed by atoms with E-state index in [-0.39, 0.29) is 16.8 Å². The Hall–Kier alpha value is -1.14. The van der Waals surface area contributed by atoms with E-state index in [1.54, 1.807) is 6.07 Å². The fourth-order valence-corrected chi connectivity index (χ4v) is 3.34. The van der Waals surface area contributed by atoms with Crippen molar-refractivity contribution in [3.05, 3.63) is 18.3 Å². The molecule has 0 aliphatic heterocycles. The second-order valence-corrected chi connectivity index (χ2v) is 5.67. The average Bonchev–Trinajstić information content (AvgIpc) is 2.70. The van der Waals surface area contributed by atoms with E-state index >= 15 is 0 Å². The molecule has 0 radical (unpaired) electrons. The van der Waals surface area contributed by atoms with Crippen LogP contribution in [0.1, 0.15) is 25.7 Å². The highest BCUT2D eigenvalue weighted by Gasteiger charge is 2.24. The first-order chi connectivity index (χ1) is 7.59. The molecule has 3 N–H and O–H groups in total. The summed E-state index contributed by atoms with van der Waals surface area (Å²) in [4.78, 5) is 3.85. The van der Waals surface area contributed by atoms with Crippen molar-refractivity contribution in [2.75, 3.05) is 5.73 Å². The first kappa shape index (κ1) is 11.3. The van der Waals surface area contributed by atoms with Gasteiger partial charge in [-0.2, -0.15) is 0 Å². The summed E-state index contributed by atoms with van der Waals surface area (Å²) in [6.07, 6.45) is 5.44. The molecule has 0 saturated heterocycles. The van der Waals surface area contributed by atoms with Crippen molar-refractivity contribution in [1.29, 1.82) is 0 Å². The zero-order valence-electron chi connectivity index (χ0n) is 8.89. The van der Waals surface area contributed by atoms with Gasteiger partial charge in [-0.3, -0.25) is 0 Å². The van der Waals surface area contributed by atoms with Crippen molar-refractivity contribution in [1.82, 2.24) is 9.71 Å². The van der Waals surface area contributed by atoms with Gasteiger partial charge in [-0.1, -0.05) is 12.8 Å². The van der Waals surface area contributed by atoms with Crippen LogP contribution < -0.4 is 10.5 Å². The molecule has 1 aliphatic carbocycles. The minimum atomic E-state index is -3.51. The number of pyridine rings is 1. The first-order valence-corrected chi connectivity index (χ1v) is 6.81. The van der Waals surface area contributed by atoms with Gasteiger partial charge in [0.25, 0.3) is 0 Å². The second-order valence-electron chi connectivity index (χ2n) is 3.99. The van der Waals surface area contributed by atoms with E-state index in [4.69, 9.17) is 5.73 Å². The second kappa shape index (κ2) is 4.39. The molecule has 1 fully saturated rings. The Kier molecular flexibility index (Phi) is 3.11. The Morgan fingerprint density at radius 1 is 1.38 bits per heavy atom. The lowest BCUT2D eigenvalue weighted by molar-refractivity contribution is 0.552. The maximum atomic E-state index is 12.0. The number of sulfonamides is 1. The summed E-state index contributed by atoms with van der Waals surface area (Å²) >= 11 is 0. The summed E-state index contributed by atoms with van der Waals surface area (Å²) in [6.45, 7) is 0. The molecule has 0 aromatic carbocycles. The third kappa shape index (κ3) is 2.33. The van der Waals surface area contributed by atoms with Crippen molar-refractivity contribution >= 4 is 15.8 Å². The Labute approximate surface area is 95.1 Å². The number of rotatable bonds is 3. The van der Waals surface area contributed by atoms with Crippen LogP contribution in [0.25, 0.3) is 0 Å². The number of hydrogen-bond acceptors (Lipinski definition) is 4. The van der Waals surface area contributed by atoms with Gasteiger partial charge < -0.3 is 5.73 Å². The zero-order chi connectivity index (χ0) is 11.6. The fourth-order valence-electron chi connectivity index (χ4n) is 1.96. The summed E-state index contributed by atoms with van der Waals surface area (Å²) in [5, 5.41) is 0. The molecule has 6 heteroatoms. The molecule has 88 valence electrons. The van der Waals surface area contributed by atoms with E-state index in [1.165, 1.54) is 12.3 Å². The lowest BCUT2D eigenvalue weighted by atomic mass is 10.3. The van der Waals surface area contributed by atoms with Crippen molar-refractivity contribution in [2.24, 2.45) is 0 Å². The Morgan fingerprint density at radius 3 is 2.69 bits per heavy atom. The van der Waals surface area contributed by atoms with Crippen LogP contribution in [0.3, 0.4) is 0 Å². The van der Waals surface area contributed by atoms with Gasteiger partial charge in [0.05, 0.1) is 0 Å². The number of nitrogens with zero attached hydrogens (tertiary/aromatic N) is 1. The Bertz CT molecular complexity index is 467. The van der Waals surface area contributed by atoms with E-state index in [1.807, 2.05) is 0 Å². The number of nitrogens with one attached hydrogen (secondary N) is 1. The summed E-state index contributed by atoms with van der Waals surface area (Å²) < 4.78 is 26.6. The van der Waals surface area contributed by atoms with Crippen LogP contribution in [0, 0.1) is 0 Å². The van der Waals surface area contributed by atoms with Crippen molar-refractivity contribution in [2.45, 2.75) is 36.6 Å². The van der Waals surface area contributed by atoms with E-state index < -0.39 is 10.0 Å². The molecule has 0 atom stereocenters. The first-order valence-electron chi connectivity index (χ1n) is 5.32. The fraction of sp³-hybridized carbons (Fsp3) is 0.500. The van der Waals surface area contributed by atoms with Crippen LogP contribution in [0.4, 0.5) is 5.82 Å². The van der Waals surface area contributed by atoms with Gasteiger partial charge in [-0.05, 0) is 25.0 Å². The molecule has 0 unspecified atom stereocenters. The van der Waals surface area contributed by atoms with Crippen LogP contribution >= 0.6 is 0 Å². The third-order valence-electron chi connectivity index (χ3n) is 2.77. The number of nitrogen functional groups attached to an aromatic ring is 1. The van der Waals surface area contributed by atoms with Crippen LogP contribution in [0.2, 0.25) is 0 Å². The highest BCUT2D eigenvalue weighted by molar-refractivity contribution is 7.89. The van der Waals surface area contributed by atoms with Gasteiger partial charge in [0.2, 0.25) is 10.0 Å². The maximum Gasteiger partial charge on any atom is 0.244 e. The smallest absolute Gasteiger partial charge is 0.244 e. The highest BCUT2D eigenvalue weighted by Crippen LogP contribution is 2.21. The molecule has 1 heterocycles. The van der Waals surface area contributed by atoms with E-state index in [9.17, 15) is 8.42 Å². The van der Waals surface area contributed by atoms with Crippen LogP contribution in [-0.4, -0.2) is 19.4 Å². The van der Waals surface area contributed by atoms with Crippen LogP contribution in [0.15, 0.2) is 23.2 Å². The number of aromatic nitrogens is 1. The summed E-state index contributed by atoms with van der Waals surface area (Å²) in [5.41, 5.74) is 5.55. The SMILES string of the molecule is Nc1ncccc1S(=O)(=O)NC1CCCC1. The molecule has 1 aromatic heterocycles. The summed E-state index contributed by atoms with van der Waals surface area (Å²) in [5.74, 6) is 0.0491. The molecular weight excluding hydrogens is 226 g/mol. The molecule has 16 heavy (non-hydrogen) atoms. The zero-order valence-corrected chi connectivity index (χ0v) is 9.70. The monoisotopic (exact) mass is 241 g/mol. The normalized spacial score (nSPS) is 17.8. The number of nitrogens with two attached hydrogens (primary N) is 1. The maximum absolute atomic E-state index is 12.0. The van der Waals surface area contributed by atoms with Crippen LogP contribution in [-0.2, 0) is 10.0 Å². The molecule has 2 rings (SSSR count). The van der Waals surface area contributed by atoms with Gasteiger partial charge in [-0.25, -0.2) is 18.1 Å². The molecule has 5 nitrogen and oxygen atoms in total. The molecule has 1 saturated carbocycles. The summed E-state index contributed by atoms with van der Waals surface area (Å²) in [6, 6.07) is 3.09. The van der Waals surface area contributed by atoms with Crippen LogP contribution in [0.5, 0.6) is 0 Å². The average molecular weight is 241 g/mol. The highest BCUT2D eigenvalue weighted by atomic mass is 32.2. The molecule has 1 aromatic rings. The minimum Gasteiger partial charge on any atom is -0.383 e. The lowest BCUT2D eigenvalue weighted by Crippen LogP contribution is -2.33. The van der Waals surface area contributed by atoms with Gasteiger partial charge in [0.1, 0.15) is 10.7 Å². The predicted molar refractivity (Wildman–Crippen MR) is 61.2 cm³/mol. The standard InChI is InChI=1S/C10H15N3O2S/c11-10-9(6-3-7-12-10)16(14,15)13-8-4-1-2-5-8/h3,6-8,13H,1-2,4-5H2,(H2,11,12). The topological polar surface area (TPSA) is 85.1 Å². The third-order valence-corrected chi connectivity index (χ3v) is 4.33. The number of anilines is 1. The van der Waals surface area contributed by atoms with E-state index in [2.05, 4.69) is 9.71 Å². The van der Waals surface area contributed by atoms with Gasteiger partial charge in [-0.15, -0.1) is 0 Å². The van der Waals surface area contributed by atoms with Gasteiger partial charge >= 0.3 is 0 Å². The van der Waals surface area contributed by atoms with Crippen molar-refractivity contribution in [3.8, 4) is 0 Å². The van der Waals surface area contributed by atoms with E-state index in [0.29, 0.717) is 0 Å². The van der Waals surface area contributed by atoms with E-state index in [0.717, 1.165) is 25.7 Å². The molecule has 0 amide bonds. The summed E-state index contributed by atoms with van der Waals surface area (Å²) in [7, 11) is -3.51. The molecule has 1 aliphatic rings. The largest absolute Gasteiger partial charge is 0.383 e. The predicted octanol–water partition coefficient (Wildman–Crippen LogP) is 0.885. The minimum absolute atomic E-state index is 0.0459. The quantitative estimate of drug-likeness (QED) is 0.822. The molecule has 0 spiro atoms. The Morgan fingerprint density at radius 2 is 2.06 bits per heavy atom. The van der Waals surface area contributed by atoms with Crippen molar-refractivity contribution in [3.63, 3.8) is 0 Å². The lowest BCUT2D eigenvalue weighted by Gasteiger charge is -2.13. The van der Waals surface area contributed by atoms with Gasteiger partial charge in [0, 0.05) is 12.2 Å². The molecular formula is C10H15N3O2S. The van der Waals surface area contributed by atoms with Gasteiger partial charge in [0.15, 0.2) is 0 Å². The number of hydrogen-bond donors (Lipinski definition) is 2. The molecule has 0 bridgehead atoms.